The fourth-order valence-electron chi connectivity index (χ4n) is 3.56. The Morgan fingerprint density at radius 3 is 2.42 bits per heavy atom. The molecule has 2 heterocycles. The molecule has 1 aromatic heterocycles. The highest BCUT2D eigenvalue weighted by atomic mass is 35.5. The van der Waals surface area contributed by atoms with E-state index in [1.54, 1.807) is 0 Å². The predicted molar refractivity (Wildman–Crippen MR) is 97.4 cm³/mol. The Bertz CT molecular complexity index is 755. The van der Waals surface area contributed by atoms with E-state index >= 15 is 0 Å². The van der Waals surface area contributed by atoms with Crippen LogP contribution in [0.15, 0.2) is 36.4 Å². The Hall–Kier alpha value is -2.07. The zero-order chi connectivity index (χ0) is 16.5. The molecule has 0 spiro atoms. The summed E-state index contributed by atoms with van der Waals surface area (Å²) in [5, 5.41) is 0.560. The smallest absolute Gasteiger partial charge is 0.166 e. The molecule has 0 saturated carbocycles. The minimum Gasteiger partial charge on any atom is -0.368 e. The number of carbonyl (C=O) groups is 1. The van der Waals surface area contributed by atoms with E-state index in [4.69, 9.17) is 16.6 Å². The van der Waals surface area contributed by atoms with Crippen LogP contribution < -0.4 is 9.80 Å². The van der Waals surface area contributed by atoms with E-state index < -0.39 is 0 Å². The quantitative estimate of drug-likeness (QED) is 0.836. The number of hydrogen-bond donors (Lipinski definition) is 0. The van der Waals surface area contributed by atoms with E-state index in [0.717, 1.165) is 50.5 Å². The Labute approximate surface area is 147 Å². The lowest BCUT2D eigenvalue weighted by Gasteiger charge is -2.37. The molecule has 2 aromatic rings. The molecular formula is C19H20ClN3O. The van der Waals surface area contributed by atoms with Gasteiger partial charge < -0.3 is 9.80 Å². The van der Waals surface area contributed by atoms with Gasteiger partial charge in [-0.3, -0.25) is 4.79 Å². The lowest BCUT2D eigenvalue weighted by atomic mass is 9.95. The summed E-state index contributed by atoms with van der Waals surface area (Å²) >= 11 is 6.39. The molecule has 24 heavy (non-hydrogen) atoms. The molecule has 1 aliphatic heterocycles. The molecule has 1 aliphatic carbocycles. The number of fused-ring (bicyclic) bond motifs is 1. The number of Topliss-reactive ketones (excluding diaryl/α,β-unsaturated/α-hetero) is 1. The van der Waals surface area contributed by atoms with Crippen LogP contribution in [0.2, 0.25) is 5.02 Å². The van der Waals surface area contributed by atoms with Crippen molar-refractivity contribution in [2.24, 2.45) is 0 Å². The average molecular weight is 342 g/mol. The Kier molecular flexibility index (Phi) is 4.15. The number of rotatable bonds is 2. The maximum Gasteiger partial charge on any atom is 0.166 e. The van der Waals surface area contributed by atoms with E-state index in [9.17, 15) is 4.79 Å². The van der Waals surface area contributed by atoms with Crippen LogP contribution in [0.25, 0.3) is 0 Å². The number of halogens is 1. The van der Waals surface area contributed by atoms with Crippen LogP contribution in [0.3, 0.4) is 0 Å². The van der Waals surface area contributed by atoms with Crippen molar-refractivity contribution < 1.29 is 4.79 Å². The van der Waals surface area contributed by atoms with E-state index in [1.807, 2.05) is 12.1 Å². The molecule has 1 aromatic carbocycles. The number of carbonyl (C=O) groups excluding carboxylic acids is 1. The van der Waals surface area contributed by atoms with Crippen molar-refractivity contribution in [3.8, 4) is 0 Å². The van der Waals surface area contributed by atoms with Gasteiger partial charge in [0.2, 0.25) is 0 Å². The summed E-state index contributed by atoms with van der Waals surface area (Å²) in [7, 11) is 0. The first-order valence-electron chi connectivity index (χ1n) is 8.50. The van der Waals surface area contributed by atoms with Gasteiger partial charge in [-0.05, 0) is 25.0 Å². The Morgan fingerprint density at radius 1 is 0.958 bits per heavy atom. The van der Waals surface area contributed by atoms with Gasteiger partial charge in [0.1, 0.15) is 5.82 Å². The second-order valence-electron chi connectivity index (χ2n) is 6.37. The highest BCUT2D eigenvalue weighted by Gasteiger charge is 2.25. The molecule has 4 nitrogen and oxygen atoms in total. The lowest BCUT2D eigenvalue weighted by Crippen LogP contribution is -2.47. The summed E-state index contributed by atoms with van der Waals surface area (Å²) in [6.45, 7) is 3.73. The molecule has 0 bridgehead atoms. The van der Waals surface area contributed by atoms with Gasteiger partial charge in [0, 0.05) is 44.4 Å². The number of piperazine rings is 1. The molecule has 124 valence electrons. The number of nitrogens with zero attached hydrogens (tertiary/aromatic N) is 3. The van der Waals surface area contributed by atoms with Crippen LogP contribution in [0.5, 0.6) is 0 Å². The number of ketones is 1. The third-order valence-electron chi connectivity index (χ3n) is 4.85. The second-order valence-corrected chi connectivity index (χ2v) is 6.78. The molecule has 0 N–H and O–H groups in total. The maximum absolute atomic E-state index is 12.0. The van der Waals surface area contributed by atoms with Gasteiger partial charge in [0.05, 0.1) is 16.3 Å². The van der Waals surface area contributed by atoms with Crippen molar-refractivity contribution in [3.05, 3.63) is 52.7 Å². The Morgan fingerprint density at radius 2 is 1.67 bits per heavy atom. The van der Waals surface area contributed by atoms with Crippen LogP contribution in [-0.2, 0) is 6.42 Å². The number of anilines is 2. The van der Waals surface area contributed by atoms with Gasteiger partial charge >= 0.3 is 0 Å². The number of aromatic nitrogens is 1. The first kappa shape index (κ1) is 15.5. The van der Waals surface area contributed by atoms with Crippen molar-refractivity contribution >= 4 is 28.9 Å². The van der Waals surface area contributed by atoms with Crippen molar-refractivity contribution in [2.45, 2.75) is 19.3 Å². The first-order valence-corrected chi connectivity index (χ1v) is 8.88. The van der Waals surface area contributed by atoms with Crippen LogP contribution in [0.4, 0.5) is 11.5 Å². The standard InChI is InChI=1S/C19H20ClN3O/c20-15-13-18(21-16-7-4-8-17(24)19(15)16)23-11-9-22(10-12-23)14-5-2-1-3-6-14/h1-3,5-6,13H,4,7-12H2. The SMILES string of the molecule is O=C1CCCc2nc(N3CCN(c4ccccc4)CC3)cc(Cl)c21. The summed E-state index contributed by atoms with van der Waals surface area (Å²) in [5.74, 6) is 1.04. The minimum absolute atomic E-state index is 0.134. The summed E-state index contributed by atoms with van der Waals surface area (Å²) in [6, 6.07) is 12.3. The number of benzene rings is 1. The third kappa shape index (κ3) is 2.86. The van der Waals surface area contributed by atoms with Crippen LogP contribution in [0, 0.1) is 0 Å². The van der Waals surface area contributed by atoms with Gasteiger partial charge in [-0.2, -0.15) is 0 Å². The number of hydrogen-bond acceptors (Lipinski definition) is 4. The first-order chi connectivity index (χ1) is 11.7. The molecule has 4 rings (SSSR count). The third-order valence-corrected chi connectivity index (χ3v) is 5.15. The molecule has 0 radical (unpaired) electrons. The number of para-hydroxylation sites is 1. The topological polar surface area (TPSA) is 36.4 Å². The fraction of sp³-hybridized carbons (Fsp3) is 0.368. The fourth-order valence-corrected chi connectivity index (χ4v) is 3.87. The zero-order valence-electron chi connectivity index (χ0n) is 13.5. The molecule has 5 heteroatoms. The molecule has 0 amide bonds. The van der Waals surface area contributed by atoms with E-state index in [2.05, 4.69) is 34.1 Å². The monoisotopic (exact) mass is 341 g/mol. The number of aryl methyl sites for hydroxylation is 1. The highest BCUT2D eigenvalue weighted by molar-refractivity contribution is 6.34. The van der Waals surface area contributed by atoms with Gasteiger partial charge in [-0.1, -0.05) is 29.8 Å². The van der Waals surface area contributed by atoms with E-state index in [1.165, 1.54) is 5.69 Å². The molecular weight excluding hydrogens is 322 g/mol. The van der Waals surface area contributed by atoms with Crippen molar-refractivity contribution in [2.75, 3.05) is 36.0 Å². The Balaban J connectivity index is 1.52. The maximum atomic E-state index is 12.0. The zero-order valence-corrected chi connectivity index (χ0v) is 14.3. The predicted octanol–water partition coefficient (Wildman–Crippen LogP) is 3.58. The van der Waals surface area contributed by atoms with Crippen LogP contribution in [-0.4, -0.2) is 36.9 Å². The summed E-state index contributed by atoms with van der Waals surface area (Å²) in [6.07, 6.45) is 2.31. The van der Waals surface area contributed by atoms with Gasteiger partial charge in [0.15, 0.2) is 5.78 Å². The normalized spacial score (nSPS) is 17.8. The van der Waals surface area contributed by atoms with Crippen molar-refractivity contribution in [3.63, 3.8) is 0 Å². The second kappa shape index (κ2) is 6.44. The van der Waals surface area contributed by atoms with Crippen LogP contribution >= 0.6 is 11.6 Å². The largest absolute Gasteiger partial charge is 0.368 e. The van der Waals surface area contributed by atoms with Gasteiger partial charge in [-0.25, -0.2) is 4.98 Å². The number of pyridine rings is 1. The molecule has 0 atom stereocenters. The molecule has 0 unspecified atom stereocenters. The summed E-state index contributed by atoms with van der Waals surface area (Å²) in [5.41, 5.74) is 2.79. The average Bonchev–Trinajstić information content (AvgIpc) is 2.62. The molecule has 1 fully saturated rings. The van der Waals surface area contributed by atoms with Crippen molar-refractivity contribution in [1.29, 1.82) is 0 Å². The van der Waals surface area contributed by atoms with E-state index in [0.29, 0.717) is 17.0 Å². The molecule has 2 aliphatic rings. The highest BCUT2D eigenvalue weighted by Crippen LogP contribution is 2.30. The molecule has 1 saturated heterocycles. The van der Waals surface area contributed by atoms with Crippen molar-refractivity contribution in [1.82, 2.24) is 4.98 Å². The van der Waals surface area contributed by atoms with Gasteiger partial charge in [0.25, 0.3) is 0 Å². The van der Waals surface area contributed by atoms with Crippen LogP contribution in [0.1, 0.15) is 28.9 Å². The minimum atomic E-state index is 0.134. The van der Waals surface area contributed by atoms with Gasteiger partial charge in [-0.15, -0.1) is 0 Å². The summed E-state index contributed by atoms with van der Waals surface area (Å²) < 4.78 is 0. The summed E-state index contributed by atoms with van der Waals surface area (Å²) in [4.78, 5) is 21.5. The van der Waals surface area contributed by atoms with E-state index in [-0.39, 0.29) is 5.78 Å². The lowest BCUT2D eigenvalue weighted by molar-refractivity contribution is 0.0972.